The van der Waals surface area contributed by atoms with Gasteiger partial charge in [0.15, 0.2) is 0 Å². The van der Waals surface area contributed by atoms with Crippen LogP contribution in [0.5, 0.6) is 5.75 Å². The normalized spacial score (nSPS) is 20.9. The maximum absolute atomic E-state index is 13.1. The van der Waals surface area contributed by atoms with E-state index in [0.717, 1.165) is 31.8 Å². The molecule has 2 nitrogen and oxygen atoms in total. The van der Waals surface area contributed by atoms with E-state index in [4.69, 9.17) is 16.3 Å². The molecule has 3 rings (SSSR count). The summed E-state index contributed by atoms with van der Waals surface area (Å²) in [5.41, 5.74) is -0.0664. The highest BCUT2D eigenvalue weighted by Gasteiger charge is 2.39. The van der Waals surface area contributed by atoms with Crippen LogP contribution in [-0.2, 0) is 0 Å². The quantitative estimate of drug-likeness (QED) is 0.854. The van der Waals surface area contributed by atoms with Crippen LogP contribution in [0.25, 0.3) is 0 Å². The molecule has 0 radical (unpaired) electrons. The molecule has 1 N–H and O–H groups in total. The summed E-state index contributed by atoms with van der Waals surface area (Å²) >= 11 is 5.79. The molecule has 0 atom stereocenters. The van der Waals surface area contributed by atoms with Gasteiger partial charge in [-0.1, -0.05) is 11.6 Å². The summed E-state index contributed by atoms with van der Waals surface area (Å²) in [7, 11) is 0. The van der Waals surface area contributed by atoms with Crippen LogP contribution < -0.4 is 10.1 Å². The van der Waals surface area contributed by atoms with Crippen LogP contribution in [0.15, 0.2) is 18.2 Å². The number of halogens is 2. The van der Waals surface area contributed by atoms with Gasteiger partial charge in [0.25, 0.3) is 0 Å². The predicted octanol–water partition coefficient (Wildman–Crippen LogP) is 3.92. The van der Waals surface area contributed by atoms with Gasteiger partial charge in [-0.3, -0.25) is 0 Å². The Hall–Kier alpha value is -0.800. The van der Waals surface area contributed by atoms with Crippen molar-refractivity contribution in [2.24, 2.45) is 0 Å². The van der Waals surface area contributed by atoms with Gasteiger partial charge >= 0.3 is 0 Å². The first-order valence-electron chi connectivity index (χ1n) is 7.04. The lowest BCUT2D eigenvalue weighted by molar-refractivity contribution is -0.0143. The summed E-state index contributed by atoms with van der Waals surface area (Å²) in [4.78, 5) is 0. The third kappa shape index (κ3) is 3.21. The second-order valence-electron chi connectivity index (χ2n) is 5.69. The monoisotopic (exact) mass is 283 g/mol. The highest BCUT2D eigenvalue weighted by atomic mass is 35.5. The molecule has 0 unspecified atom stereocenters. The molecule has 1 aromatic carbocycles. The molecule has 2 fully saturated rings. The second-order valence-corrected chi connectivity index (χ2v) is 6.10. The van der Waals surface area contributed by atoms with E-state index in [1.165, 1.54) is 25.3 Å². The lowest BCUT2D eigenvalue weighted by atomic mass is 9.77. The van der Waals surface area contributed by atoms with Crippen molar-refractivity contribution in [1.82, 2.24) is 5.32 Å². The lowest BCUT2D eigenvalue weighted by Crippen LogP contribution is -2.45. The zero-order chi connectivity index (χ0) is 13.3. The first-order chi connectivity index (χ1) is 9.17. The molecule has 0 bridgehead atoms. The number of nitrogens with one attached hydrogen (secondary N) is 1. The lowest BCUT2D eigenvalue weighted by Gasteiger charge is -2.42. The molecule has 2 aliphatic carbocycles. The van der Waals surface area contributed by atoms with E-state index in [2.05, 4.69) is 5.32 Å². The van der Waals surface area contributed by atoms with Gasteiger partial charge < -0.3 is 10.1 Å². The minimum Gasteiger partial charge on any atom is -0.487 e. The first-order valence-corrected chi connectivity index (χ1v) is 7.42. The van der Waals surface area contributed by atoms with E-state index < -0.39 is 5.82 Å². The van der Waals surface area contributed by atoms with Gasteiger partial charge in [-0.25, -0.2) is 4.39 Å². The summed E-state index contributed by atoms with van der Waals surface area (Å²) in [6.45, 7) is 1.000. The number of benzene rings is 1. The predicted molar refractivity (Wildman–Crippen MR) is 74.3 cm³/mol. The molecule has 2 aliphatic rings. The Morgan fingerprint density at radius 3 is 2.74 bits per heavy atom. The zero-order valence-electron chi connectivity index (χ0n) is 10.9. The van der Waals surface area contributed by atoms with Crippen molar-refractivity contribution in [3.05, 3.63) is 29.0 Å². The minimum atomic E-state index is -0.396. The van der Waals surface area contributed by atoms with Crippen LogP contribution in [0, 0.1) is 5.82 Å². The van der Waals surface area contributed by atoms with Crippen molar-refractivity contribution in [1.29, 1.82) is 0 Å². The molecule has 19 heavy (non-hydrogen) atoms. The highest BCUT2D eigenvalue weighted by molar-refractivity contribution is 6.30. The molecule has 0 aliphatic heterocycles. The van der Waals surface area contributed by atoms with Gasteiger partial charge in [0.1, 0.15) is 17.2 Å². The topological polar surface area (TPSA) is 21.3 Å². The van der Waals surface area contributed by atoms with Crippen LogP contribution in [0.1, 0.15) is 38.5 Å². The Kier molecular flexibility index (Phi) is 3.68. The summed E-state index contributed by atoms with van der Waals surface area (Å²) < 4.78 is 19.2. The molecule has 104 valence electrons. The third-order valence-electron chi connectivity index (χ3n) is 4.08. The van der Waals surface area contributed by atoms with Gasteiger partial charge in [0.05, 0.1) is 5.02 Å². The molecular weight excluding hydrogens is 265 g/mol. The third-order valence-corrected chi connectivity index (χ3v) is 4.37. The molecule has 0 saturated heterocycles. The fourth-order valence-electron chi connectivity index (χ4n) is 2.56. The second kappa shape index (κ2) is 5.29. The van der Waals surface area contributed by atoms with Crippen molar-refractivity contribution in [2.75, 3.05) is 6.54 Å². The summed E-state index contributed by atoms with van der Waals surface area (Å²) in [5, 5.41) is 3.65. The number of rotatable bonds is 6. The number of hydrogen-bond acceptors (Lipinski definition) is 2. The van der Waals surface area contributed by atoms with Gasteiger partial charge in [0.2, 0.25) is 0 Å². The van der Waals surface area contributed by atoms with E-state index in [0.29, 0.717) is 5.75 Å². The van der Waals surface area contributed by atoms with Crippen LogP contribution in [-0.4, -0.2) is 18.2 Å². The van der Waals surface area contributed by atoms with Crippen LogP contribution in [0.4, 0.5) is 4.39 Å². The summed E-state index contributed by atoms with van der Waals surface area (Å²) in [5.74, 6) is 0.282. The van der Waals surface area contributed by atoms with Crippen molar-refractivity contribution >= 4 is 11.6 Å². The van der Waals surface area contributed by atoms with Crippen molar-refractivity contribution in [2.45, 2.75) is 50.2 Å². The molecule has 0 heterocycles. The van der Waals surface area contributed by atoms with E-state index in [9.17, 15) is 4.39 Å². The van der Waals surface area contributed by atoms with Gasteiger partial charge in [-0.2, -0.15) is 0 Å². The van der Waals surface area contributed by atoms with Gasteiger partial charge in [-0.15, -0.1) is 0 Å². The number of ether oxygens (including phenoxy) is 1. The number of hydrogen-bond donors (Lipinski definition) is 1. The minimum absolute atomic E-state index is 0.0664. The van der Waals surface area contributed by atoms with E-state index >= 15 is 0 Å². The fraction of sp³-hybridized carbons (Fsp3) is 0.600. The Morgan fingerprint density at radius 1 is 1.37 bits per heavy atom. The molecule has 0 spiro atoms. The average Bonchev–Trinajstić information content (AvgIpc) is 3.14. The zero-order valence-corrected chi connectivity index (χ0v) is 11.7. The Bertz CT molecular complexity index is 457. The maximum Gasteiger partial charge on any atom is 0.142 e. The molecule has 0 aromatic heterocycles. The van der Waals surface area contributed by atoms with Crippen molar-refractivity contribution in [3.8, 4) is 5.75 Å². The van der Waals surface area contributed by atoms with Crippen LogP contribution in [0.3, 0.4) is 0 Å². The van der Waals surface area contributed by atoms with E-state index in [-0.39, 0.29) is 10.6 Å². The van der Waals surface area contributed by atoms with Gasteiger partial charge in [-0.05, 0) is 57.2 Å². The molecule has 1 aromatic rings. The first kappa shape index (κ1) is 13.2. The van der Waals surface area contributed by atoms with Crippen molar-refractivity contribution in [3.63, 3.8) is 0 Å². The average molecular weight is 284 g/mol. The Labute approximate surface area is 118 Å². The molecule has 0 amide bonds. The SMILES string of the molecule is Fc1ccc(OC2(CCNC3CC3)CCC2)cc1Cl. The van der Waals surface area contributed by atoms with E-state index in [1.54, 1.807) is 12.1 Å². The Morgan fingerprint density at radius 2 is 2.16 bits per heavy atom. The molecule has 2 saturated carbocycles. The summed E-state index contributed by atoms with van der Waals surface area (Å²) in [6, 6.07) is 5.34. The molecular formula is C15H19ClFNO. The van der Waals surface area contributed by atoms with Crippen molar-refractivity contribution < 1.29 is 9.13 Å². The van der Waals surface area contributed by atoms with Gasteiger partial charge in [0, 0.05) is 12.1 Å². The largest absolute Gasteiger partial charge is 0.487 e. The summed E-state index contributed by atoms with van der Waals surface area (Å²) in [6.07, 6.45) is 6.99. The molecule has 4 heteroatoms. The Balaban J connectivity index is 1.59. The highest BCUT2D eigenvalue weighted by Crippen LogP contribution is 2.40. The standard InChI is InChI=1S/C15H19ClFNO/c16-13-10-12(4-5-14(13)17)19-15(6-1-7-15)8-9-18-11-2-3-11/h4-5,10-11,18H,1-3,6-9H2. The van der Waals surface area contributed by atoms with E-state index in [1.807, 2.05) is 0 Å². The fourth-order valence-corrected chi connectivity index (χ4v) is 2.73. The smallest absolute Gasteiger partial charge is 0.142 e. The van der Waals surface area contributed by atoms with Crippen LogP contribution >= 0.6 is 11.6 Å². The van der Waals surface area contributed by atoms with Crippen LogP contribution in [0.2, 0.25) is 5.02 Å². The maximum atomic E-state index is 13.1.